The van der Waals surface area contributed by atoms with Crippen LogP contribution in [0.1, 0.15) is 0 Å². The first-order valence-corrected chi connectivity index (χ1v) is 4.29. The Hall–Kier alpha value is 0.499. The smallest absolute Gasteiger partial charge is 0.394 e. The van der Waals surface area contributed by atoms with Crippen molar-refractivity contribution in [1.29, 1.82) is 0 Å². The van der Waals surface area contributed by atoms with E-state index in [1.54, 1.807) is 0 Å². The van der Waals surface area contributed by atoms with E-state index in [0.29, 0.717) is 0 Å². The molecule has 1 radical (unpaired) electrons. The van der Waals surface area contributed by atoms with Crippen molar-refractivity contribution in [2.75, 3.05) is 0 Å². The van der Waals surface area contributed by atoms with E-state index in [9.17, 15) is 0 Å². The molecule has 0 rings (SSSR count). The molecule has 0 spiro atoms. The standard InChI is InChI=1S/Cu.H3O4P.H2O4S/c;2*1-5(2,3)4/h;(H3,1,2,3,4);(H2,1,2,3,4)/p-3. The van der Waals surface area contributed by atoms with Crippen molar-refractivity contribution >= 4 is 18.2 Å². The first-order chi connectivity index (χ1) is 4.00. The zero-order chi connectivity index (χ0) is 9.00. The fraction of sp³-hybridized carbons (Fsp3) is 0. The minimum atomic E-state index is -5.39. The Bertz CT molecular complexity index is 192. The first kappa shape index (κ1) is 17.5. The van der Waals surface area contributed by atoms with Gasteiger partial charge in [-0.25, -0.2) is 0 Å². The Kier molecular flexibility index (Phi) is 9.67. The molecule has 0 aliphatic heterocycles. The van der Waals surface area contributed by atoms with Gasteiger partial charge in [-0.2, -0.15) is 16.2 Å². The second kappa shape index (κ2) is 6.06. The van der Waals surface area contributed by atoms with Gasteiger partial charge >= 0.3 is 10.4 Å². The summed E-state index contributed by atoms with van der Waals surface area (Å²) in [6.45, 7) is 0. The molecule has 0 aromatic heterocycles. The summed E-state index contributed by atoms with van der Waals surface area (Å²) in [7, 11) is -10.1. The van der Waals surface area contributed by atoms with E-state index in [1.807, 2.05) is 0 Å². The largest absolute Gasteiger partial charge is 0.822 e. The second-order valence-electron chi connectivity index (χ2n) is 0.895. The third-order valence-electron chi connectivity index (χ3n) is 0. The Balaban J connectivity index is -0.000000107. The van der Waals surface area contributed by atoms with Gasteiger partial charge in [0.2, 0.25) is 0 Å². The van der Waals surface area contributed by atoms with Gasteiger partial charge in [-0.05, 0) is 0 Å². The van der Waals surface area contributed by atoms with Crippen LogP contribution in [0.3, 0.4) is 0 Å². The van der Waals surface area contributed by atoms with Crippen LogP contribution in [-0.4, -0.2) is 17.5 Å². The molecule has 11 heavy (non-hydrogen) atoms. The van der Waals surface area contributed by atoms with Gasteiger partial charge in [0, 0.05) is 17.1 Å². The average molecular weight is 257 g/mol. The van der Waals surface area contributed by atoms with Crippen molar-refractivity contribution < 1.29 is 53.8 Å². The summed E-state index contributed by atoms with van der Waals surface area (Å²) >= 11 is 0. The van der Waals surface area contributed by atoms with E-state index in [-0.39, 0.29) is 17.1 Å². The van der Waals surface area contributed by atoms with Gasteiger partial charge in [0.15, 0.2) is 0 Å². The van der Waals surface area contributed by atoms with E-state index >= 15 is 0 Å². The molecule has 2 N–H and O–H groups in total. The predicted molar refractivity (Wildman–Crippen MR) is 21.8 cm³/mol. The maximum atomic E-state index is 8.74. The first-order valence-electron chi connectivity index (χ1n) is 1.43. The van der Waals surface area contributed by atoms with Crippen LogP contribution in [0.4, 0.5) is 0 Å². The van der Waals surface area contributed by atoms with Gasteiger partial charge in [-0.3, -0.25) is 9.11 Å². The third kappa shape index (κ3) is 3040. The van der Waals surface area contributed by atoms with Gasteiger partial charge in [0.25, 0.3) is 0 Å². The number of rotatable bonds is 0. The van der Waals surface area contributed by atoms with Crippen LogP contribution < -0.4 is 14.7 Å². The Morgan fingerprint density at radius 3 is 1.09 bits per heavy atom. The van der Waals surface area contributed by atoms with Gasteiger partial charge < -0.3 is 19.2 Å². The monoisotopic (exact) mass is 256 g/mol. The van der Waals surface area contributed by atoms with Crippen LogP contribution in [0.15, 0.2) is 0 Å². The predicted octanol–water partition coefficient (Wildman–Crippen LogP) is -3.48. The van der Waals surface area contributed by atoms with Crippen LogP contribution in [0, 0.1) is 0 Å². The second-order valence-corrected chi connectivity index (χ2v) is 2.69. The van der Waals surface area contributed by atoms with E-state index in [1.165, 1.54) is 0 Å². The molecule has 8 nitrogen and oxygen atoms in total. The minimum absolute atomic E-state index is 0. The van der Waals surface area contributed by atoms with Crippen molar-refractivity contribution in [3.63, 3.8) is 0 Å². The molecule has 0 saturated carbocycles. The molecule has 0 fully saturated rings. The van der Waals surface area contributed by atoms with E-state index < -0.39 is 18.2 Å². The van der Waals surface area contributed by atoms with Crippen molar-refractivity contribution in [3.8, 4) is 0 Å². The van der Waals surface area contributed by atoms with E-state index in [0.717, 1.165) is 0 Å². The SMILES string of the molecule is O=P([O-])([O-])[O-].O=S(=O)(O)O.[Cu]. The molecule has 0 aromatic rings. The molecule has 0 heterocycles. The molecule has 0 aliphatic rings. The molecule has 0 aromatic carbocycles. The molecule has 0 aliphatic carbocycles. The summed E-state index contributed by atoms with van der Waals surface area (Å²) in [5.41, 5.74) is 0. The van der Waals surface area contributed by atoms with Gasteiger partial charge in [-0.1, -0.05) is 0 Å². The molecular weight excluding hydrogens is 255 g/mol. The molecular formula is H2CuO8PS-3. The van der Waals surface area contributed by atoms with Gasteiger partial charge in [0.1, 0.15) is 0 Å². The fourth-order valence-corrected chi connectivity index (χ4v) is 0. The van der Waals surface area contributed by atoms with Gasteiger partial charge in [0.05, 0.1) is 0 Å². The summed E-state index contributed by atoms with van der Waals surface area (Å²) in [6, 6.07) is 0. The average Bonchev–Trinajstić information content (AvgIpc) is 1.12. The Labute approximate surface area is 72.5 Å². The number of hydrogen-bond donors (Lipinski definition) is 2. The summed E-state index contributed by atoms with van der Waals surface area (Å²) in [4.78, 5) is 25.6. The molecule has 0 bridgehead atoms. The molecule has 0 unspecified atom stereocenters. The maximum Gasteiger partial charge on any atom is 0.394 e. The van der Waals surface area contributed by atoms with Crippen LogP contribution in [0.25, 0.3) is 0 Å². The molecule has 0 atom stereocenters. The Morgan fingerprint density at radius 1 is 1.09 bits per heavy atom. The van der Waals surface area contributed by atoms with Crippen molar-refractivity contribution in [1.82, 2.24) is 0 Å². The third-order valence-corrected chi connectivity index (χ3v) is 0. The van der Waals surface area contributed by atoms with Crippen LogP contribution >= 0.6 is 7.82 Å². The van der Waals surface area contributed by atoms with Gasteiger partial charge in [-0.15, -0.1) is 0 Å². The summed E-state index contributed by atoms with van der Waals surface area (Å²) in [5.74, 6) is 0. The zero-order valence-corrected chi connectivity index (χ0v) is 7.15. The van der Waals surface area contributed by atoms with Crippen molar-refractivity contribution in [2.45, 2.75) is 0 Å². The van der Waals surface area contributed by atoms with E-state index in [2.05, 4.69) is 0 Å². The summed E-state index contributed by atoms with van der Waals surface area (Å²) < 4.78 is 40.1. The van der Waals surface area contributed by atoms with Crippen molar-refractivity contribution in [2.24, 2.45) is 0 Å². The summed E-state index contributed by atoms with van der Waals surface area (Å²) in [5, 5.41) is 0. The molecule has 0 amide bonds. The van der Waals surface area contributed by atoms with Crippen LogP contribution in [0.2, 0.25) is 0 Å². The normalized spacial score (nSPS) is 10.6. The quantitative estimate of drug-likeness (QED) is 0.256. The molecule has 0 saturated heterocycles. The Morgan fingerprint density at radius 2 is 1.09 bits per heavy atom. The van der Waals surface area contributed by atoms with Crippen molar-refractivity contribution in [3.05, 3.63) is 0 Å². The van der Waals surface area contributed by atoms with E-state index in [4.69, 9.17) is 36.8 Å². The molecule has 75 valence electrons. The topological polar surface area (TPSA) is 161 Å². The number of hydrogen-bond acceptors (Lipinski definition) is 6. The minimum Gasteiger partial charge on any atom is -0.822 e. The molecule has 11 heteroatoms. The van der Waals surface area contributed by atoms with Crippen LogP contribution in [-0.2, 0) is 32.0 Å². The maximum absolute atomic E-state index is 8.74. The number of phosphoric acid groups is 1. The summed E-state index contributed by atoms with van der Waals surface area (Å²) in [6.07, 6.45) is 0. The van der Waals surface area contributed by atoms with Crippen LogP contribution in [0.5, 0.6) is 0 Å². The fourth-order valence-electron chi connectivity index (χ4n) is 0. The zero-order valence-electron chi connectivity index (χ0n) is 4.50.